The molecular formula is C15H21N3O2S. The van der Waals surface area contributed by atoms with Gasteiger partial charge in [-0.2, -0.15) is 0 Å². The van der Waals surface area contributed by atoms with Crippen LogP contribution in [0.3, 0.4) is 0 Å². The summed E-state index contributed by atoms with van der Waals surface area (Å²) in [4.78, 5) is 7.02. The third-order valence-electron chi connectivity index (χ3n) is 3.48. The molecule has 114 valence electrons. The van der Waals surface area contributed by atoms with Gasteiger partial charge in [-0.1, -0.05) is 11.3 Å². The second-order valence-corrected chi connectivity index (χ2v) is 5.99. The Kier molecular flexibility index (Phi) is 4.90. The van der Waals surface area contributed by atoms with Crippen molar-refractivity contribution < 1.29 is 9.47 Å². The van der Waals surface area contributed by atoms with Gasteiger partial charge in [0.25, 0.3) is 0 Å². The molecule has 1 aromatic heterocycles. The third-order valence-corrected chi connectivity index (χ3v) is 4.45. The van der Waals surface area contributed by atoms with E-state index in [2.05, 4.69) is 21.3 Å². The van der Waals surface area contributed by atoms with Crippen molar-refractivity contribution in [2.75, 3.05) is 51.3 Å². The number of nitrogens with zero attached hydrogens (tertiary/aromatic N) is 2. The van der Waals surface area contributed by atoms with E-state index in [1.165, 1.54) is 0 Å². The van der Waals surface area contributed by atoms with Crippen LogP contribution < -0.4 is 10.1 Å². The summed E-state index contributed by atoms with van der Waals surface area (Å²) in [5, 5.41) is 4.40. The summed E-state index contributed by atoms with van der Waals surface area (Å²) in [6, 6.07) is 6.05. The second kappa shape index (κ2) is 7.06. The summed E-state index contributed by atoms with van der Waals surface area (Å²) in [7, 11) is 0. The van der Waals surface area contributed by atoms with E-state index in [0.717, 1.165) is 60.5 Å². The maximum Gasteiger partial charge on any atom is 0.183 e. The molecule has 0 aliphatic carbocycles. The first-order valence-corrected chi connectivity index (χ1v) is 8.24. The largest absolute Gasteiger partial charge is 0.494 e. The number of thiazole rings is 1. The molecule has 0 atom stereocenters. The van der Waals surface area contributed by atoms with Gasteiger partial charge in [-0.15, -0.1) is 0 Å². The standard InChI is InChI=1S/C15H21N3O2S/c1-2-20-12-3-4-13-14(11-12)21-15(17-13)16-5-6-18-7-9-19-10-8-18/h3-4,11H,2,5-10H2,1H3,(H,16,17). The van der Waals surface area contributed by atoms with E-state index in [0.29, 0.717) is 6.61 Å². The normalized spacial score (nSPS) is 16.2. The molecule has 1 fully saturated rings. The zero-order chi connectivity index (χ0) is 14.5. The Morgan fingerprint density at radius 2 is 2.24 bits per heavy atom. The van der Waals surface area contributed by atoms with Gasteiger partial charge in [-0.3, -0.25) is 4.90 Å². The lowest BCUT2D eigenvalue weighted by molar-refractivity contribution is 0.0398. The van der Waals surface area contributed by atoms with Crippen LogP contribution in [0.4, 0.5) is 5.13 Å². The predicted octanol–water partition coefficient (Wildman–Crippen LogP) is 2.44. The van der Waals surface area contributed by atoms with Crippen molar-refractivity contribution in [2.24, 2.45) is 0 Å². The van der Waals surface area contributed by atoms with Crippen LogP contribution in [0.2, 0.25) is 0 Å². The van der Waals surface area contributed by atoms with Crippen LogP contribution in [-0.4, -0.2) is 55.9 Å². The molecule has 1 aliphatic heterocycles. The third kappa shape index (κ3) is 3.84. The Balaban J connectivity index is 1.56. The van der Waals surface area contributed by atoms with Crippen LogP contribution >= 0.6 is 11.3 Å². The molecule has 1 saturated heterocycles. The van der Waals surface area contributed by atoms with Gasteiger partial charge in [0.1, 0.15) is 5.75 Å². The minimum absolute atomic E-state index is 0.689. The van der Waals surface area contributed by atoms with E-state index < -0.39 is 0 Å². The number of morpholine rings is 1. The maximum atomic E-state index is 5.52. The molecule has 0 bridgehead atoms. The van der Waals surface area contributed by atoms with Gasteiger partial charge in [0, 0.05) is 26.2 Å². The van der Waals surface area contributed by atoms with E-state index in [9.17, 15) is 0 Å². The molecular weight excluding hydrogens is 286 g/mol. The average Bonchev–Trinajstić information content (AvgIpc) is 2.91. The van der Waals surface area contributed by atoms with Gasteiger partial charge in [0.2, 0.25) is 0 Å². The minimum atomic E-state index is 0.689. The Hall–Kier alpha value is -1.37. The smallest absolute Gasteiger partial charge is 0.183 e. The first kappa shape index (κ1) is 14.6. The van der Waals surface area contributed by atoms with E-state index >= 15 is 0 Å². The van der Waals surface area contributed by atoms with Gasteiger partial charge in [-0.25, -0.2) is 4.98 Å². The Bertz CT molecular complexity index is 581. The summed E-state index contributed by atoms with van der Waals surface area (Å²) in [5.74, 6) is 0.911. The number of aromatic nitrogens is 1. The van der Waals surface area contributed by atoms with Gasteiger partial charge in [-0.05, 0) is 25.1 Å². The van der Waals surface area contributed by atoms with Crippen molar-refractivity contribution in [3.8, 4) is 5.75 Å². The first-order chi connectivity index (χ1) is 10.3. The Morgan fingerprint density at radius 3 is 3.05 bits per heavy atom. The Labute approximate surface area is 128 Å². The summed E-state index contributed by atoms with van der Waals surface area (Å²) in [6.07, 6.45) is 0. The highest BCUT2D eigenvalue weighted by atomic mass is 32.1. The van der Waals surface area contributed by atoms with Crippen LogP contribution in [0.25, 0.3) is 10.2 Å². The molecule has 5 nitrogen and oxygen atoms in total. The molecule has 1 aromatic carbocycles. The summed E-state index contributed by atoms with van der Waals surface area (Å²) in [6.45, 7) is 8.38. The molecule has 3 rings (SSSR count). The molecule has 2 aromatic rings. The maximum absolute atomic E-state index is 5.52. The zero-order valence-corrected chi connectivity index (χ0v) is 13.1. The van der Waals surface area contributed by atoms with Crippen LogP contribution in [0, 0.1) is 0 Å². The molecule has 1 N–H and O–H groups in total. The lowest BCUT2D eigenvalue weighted by Crippen LogP contribution is -2.38. The Morgan fingerprint density at radius 1 is 1.38 bits per heavy atom. The van der Waals surface area contributed by atoms with Crippen LogP contribution in [-0.2, 0) is 4.74 Å². The zero-order valence-electron chi connectivity index (χ0n) is 12.3. The number of anilines is 1. The topological polar surface area (TPSA) is 46.6 Å². The van der Waals surface area contributed by atoms with Crippen LogP contribution in [0.5, 0.6) is 5.75 Å². The number of nitrogens with one attached hydrogen (secondary N) is 1. The number of fused-ring (bicyclic) bond motifs is 1. The predicted molar refractivity (Wildman–Crippen MR) is 86.5 cm³/mol. The van der Waals surface area contributed by atoms with Gasteiger partial charge in [0.15, 0.2) is 5.13 Å². The number of ether oxygens (including phenoxy) is 2. The second-order valence-electron chi connectivity index (χ2n) is 4.96. The van der Waals surface area contributed by atoms with Gasteiger partial charge < -0.3 is 14.8 Å². The van der Waals surface area contributed by atoms with Gasteiger partial charge >= 0.3 is 0 Å². The van der Waals surface area contributed by atoms with Crippen molar-refractivity contribution in [1.29, 1.82) is 0 Å². The quantitative estimate of drug-likeness (QED) is 0.888. The summed E-state index contributed by atoms with van der Waals surface area (Å²) in [5.41, 5.74) is 1.03. The highest BCUT2D eigenvalue weighted by molar-refractivity contribution is 7.22. The fourth-order valence-corrected chi connectivity index (χ4v) is 3.30. The SMILES string of the molecule is CCOc1ccc2nc(NCCN3CCOCC3)sc2c1. The van der Waals surface area contributed by atoms with E-state index in [4.69, 9.17) is 9.47 Å². The lowest BCUT2D eigenvalue weighted by Gasteiger charge is -2.26. The van der Waals surface area contributed by atoms with Crippen molar-refractivity contribution in [3.63, 3.8) is 0 Å². The van der Waals surface area contributed by atoms with Crippen molar-refractivity contribution >= 4 is 26.7 Å². The van der Waals surface area contributed by atoms with Crippen molar-refractivity contribution in [2.45, 2.75) is 6.92 Å². The fourth-order valence-electron chi connectivity index (χ4n) is 2.38. The van der Waals surface area contributed by atoms with Crippen LogP contribution in [0.15, 0.2) is 18.2 Å². The molecule has 2 heterocycles. The molecule has 0 spiro atoms. The van der Waals surface area contributed by atoms with E-state index in [1.54, 1.807) is 11.3 Å². The summed E-state index contributed by atoms with van der Waals surface area (Å²) >= 11 is 1.68. The highest BCUT2D eigenvalue weighted by Crippen LogP contribution is 2.29. The minimum Gasteiger partial charge on any atom is -0.494 e. The number of rotatable bonds is 6. The van der Waals surface area contributed by atoms with E-state index in [1.807, 2.05) is 19.1 Å². The number of benzene rings is 1. The monoisotopic (exact) mass is 307 g/mol. The summed E-state index contributed by atoms with van der Waals surface area (Å²) < 4.78 is 12.0. The molecule has 1 aliphatic rings. The molecule has 21 heavy (non-hydrogen) atoms. The van der Waals surface area contributed by atoms with Gasteiger partial charge in [0.05, 0.1) is 30.0 Å². The fraction of sp³-hybridized carbons (Fsp3) is 0.533. The molecule has 0 saturated carbocycles. The number of hydrogen-bond donors (Lipinski definition) is 1. The lowest BCUT2D eigenvalue weighted by atomic mass is 10.3. The molecule has 0 radical (unpaired) electrons. The van der Waals surface area contributed by atoms with E-state index in [-0.39, 0.29) is 0 Å². The molecule has 0 amide bonds. The first-order valence-electron chi connectivity index (χ1n) is 7.42. The highest BCUT2D eigenvalue weighted by Gasteiger charge is 2.10. The molecule has 0 unspecified atom stereocenters. The molecule has 6 heteroatoms. The number of hydrogen-bond acceptors (Lipinski definition) is 6. The van der Waals surface area contributed by atoms with Crippen molar-refractivity contribution in [1.82, 2.24) is 9.88 Å². The van der Waals surface area contributed by atoms with Crippen molar-refractivity contribution in [3.05, 3.63) is 18.2 Å². The van der Waals surface area contributed by atoms with Crippen LogP contribution in [0.1, 0.15) is 6.92 Å². The average molecular weight is 307 g/mol.